The van der Waals surface area contributed by atoms with Crippen molar-refractivity contribution >= 4 is 29.3 Å². The van der Waals surface area contributed by atoms with Gasteiger partial charge in [0.15, 0.2) is 0 Å². The standard InChI is InChI=1S/C13H16ClNOS/c14-12-4-2-1-3-11(12)9-17-8-7-15-13(16)10-5-6-10/h1-4,10H,5-9H2,(H,15,16). The van der Waals surface area contributed by atoms with E-state index in [9.17, 15) is 4.79 Å². The number of rotatable bonds is 6. The van der Waals surface area contributed by atoms with Crippen molar-refractivity contribution in [3.8, 4) is 0 Å². The average Bonchev–Trinajstić information content (AvgIpc) is 3.14. The number of hydrogen-bond acceptors (Lipinski definition) is 2. The van der Waals surface area contributed by atoms with Crippen LogP contribution >= 0.6 is 23.4 Å². The Morgan fingerprint density at radius 3 is 2.88 bits per heavy atom. The molecule has 2 rings (SSSR count). The first kappa shape index (κ1) is 12.8. The molecule has 4 heteroatoms. The van der Waals surface area contributed by atoms with Crippen molar-refractivity contribution in [2.75, 3.05) is 12.3 Å². The summed E-state index contributed by atoms with van der Waals surface area (Å²) in [6.45, 7) is 0.754. The van der Waals surface area contributed by atoms with Gasteiger partial charge in [-0.25, -0.2) is 0 Å². The number of hydrogen-bond donors (Lipinski definition) is 1. The molecule has 0 aromatic heterocycles. The zero-order valence-corrected chi connectivity index (χ0v) is 11.2. The fourth-order valence-electron chi connectivity index (χ4n) is 1.53. The molecule has 0 heterocycles. The van der Waals surface area contributed by atoms with Crippen LogP contribution in [0.4, 0.5) is 0 Å². The molecule has 0 spiro atoms. The number of nitrogens with one attached hydrogen (secondary N) is 1. The first-order chi connectivity index (χ1) is 8.27. The predicted molar refractivity (Wildman–Crippen MR) is 73.3 cm³/mol. The highest BCUT2D eigenvalue weighted by Crippen LogP contribution is 2.28. The molecular formula is C13H16ClNOS. The minimum atomic E-state index is 0.225. The van der Waals surface area contributed by atoms with E-state index in [4.69, 9.17) is 11.6 Å². The van der Waals surface area contributed by atoms with Gasteiger partial charge in [-0.05, 0) is 24.5 Å². The van der Waals surface area contributed by atoms with Gasteiger partial charge in [0, 0.05) is 29.0 Å². The molecule has 1 aromatic carbocycles. The second-order valence-corrected chi connectivity index (χ2v) is 5.72. The van der Waals surface area contributed by atoms with Crippen LogP contribution in [0, 0.1) is 5.92 Å². The Kier molecular flexibility index (Phi) is 4.75. The van der Waals surface area contributed by atoms with Gasteiger partial charge in [-0.1, -0.05) is 29.8 Å². The van der Waals surface area contributed by atoms with Crippen LogP contribution in [0.3, 0.4) is 0 Å². The number of carbonyl (C=O) groups excluding carboxylic acids is 1. The molecule has 1 aliphatic carbocycles. The van der Waals surface area contributed by atoms with E-state index < -0.39 is 0 Å². The summed E-state index contributed by atoms with van der Waals surface area (Å²) >= 11 is 7.85. The predicted octanol–water partition coefficient (Wildman–Crippen LogP) is 3.10. The molecule has 92 valence electrons. The van der Waals surface area contributed by atoms with E-state index in [0.29, 0.717) is 5.92 Å². The van der Waals surface area contributed by atoms with Crippen molar-refractivity contribution in [3.63, 3.8) is 0 Å². The van der Waals surface area contributed by atoms with Gasteiger partial charge in [0.05, 0.1) is 0 Å². The Balaban J connectivity index is 1.59. The SMILES string of the molecule is O=C(NCCSCc1ccccc1Cl)C1CC1. The van der Waals surface area contributed by atoms with Gasteiger partial charge in [-0.2, -0.15) is 11.8 Å². The van der Waals surface area contributed by atoms with Crippen molar-refractivity contribution in [1.29, 1.82) is 0 Å². The molecule has 1 saturated carbocycles. The fraction of sp³-hybridized carbons (Fsp3) is 0.462. The quantitative estimate of drug-likeness (QED) is 0.804. The van der Waals surface area contributed by atoms with Gasteiger partial charge < -0.3 is 5.32 Å². The average molecular weight is 270 g/mol. The van der Waals surface area contributed by atoms with Crippen molar-refractivity contribution < 1.29 is 4.79 Å². The normalized spacial score (nSPS) is 14.6. The van der Waals surface area contributed by atoms with Crippen LogP contribution in [-0.2, 0) is 10.5 Å². The molecule has 0 radical (unpaired) electrons. The zero-order valence-electron chi connectivity index (χ0n) is 9.62. The summed E-state index contributed by atoms with van der Waals surface area (Å²) in [6, 6.07) is 7.88. The van der Waals surface area contributed by atoms with Crippen LogP contribution in [0.25, 0.3) is 0 Å². The molecule has 17 heavy (non-hydrogen) atoms. The Morgan fingerprint density at radius 2 is 2.18 bits per heavy atom. The van der Waals surface area contributed by atoms with Crippen molar-refractivity contribution in [1.82, 2.24) is 5.32 Å². The lowest BCUT2D eigenvalue weighted by atomic mass is 10.2. The number of benzene rings is 1. The molecule has 2 nitrogen and oxygen atoms in total. The third kappa shape index (κ3) is 4.25. The van der Waals surface area contributed by atoms with Gasteiger partial charge in [0.2, 0.25) is 5.91 Å². The maximum absolute atomic E-state index is 11.4. The summed E-state index contributed by atoms with van der Waals surface area (Å²) in [4.78, 5) is 11.4. The Bertz CT molecular complexity index is 393. The first-order valence-electron chi connectivity index (χ1n) is 5.86. The molecule has 1 aliphatic rings. The van der Waals surface area contributed by atoms with Gasteiger partial charge in [0.25, 0.3) is 0 Å². The smallest absolute Gasteiger partial charge is 0.223 e. The van der Waals surface area contributed by atoms with Crippen LogP contribution in [0.1, 0.15) is 18.4 Å². The number of carbonyl (C=O) groups is 1. The van der Waals surface area contributed by atoms with Crippen LogP contribution in [-0.4, -0.2) is 18.2 Å². The highest BCUT2D eigenvalue weighted by molar-refractivity contribution is 7.98. The lowest BCUT2D eigenvalue weighted by Gasteiger charge is -2.05. The largest absolute Gasteiger partial charge is 0.355 e. The zero-order chi connectivity index (χ0) is 12.1. The summed E-state index contributed by atoms with van der Waals surface area (Å²) < 4.78 is 0. The summed E-state index contributed by atoms with van der Waals surface area (Å²) in [6.07, 6.45) is 2.14. The lowest BCUT2D eigenvalue weighted by molar-refractivity contribution is -0.122. The van der Waals surface area contributed by atoms with E-state index in [1.807, 2.05) is 24.3 Å². The minimum absolute atomic E-state index is 0.225. The third-order valence-electron chi connectivity index (χ3n) is 2.71. The molecular weight excluding hydrogens is 254 g/mol. The molecule has 1 aromatic rings. The summed E-state index contributed by atoms with van der Waals surface area (Å²) in [5, 5.41) is 3.77. The second-order valence-electron chi connectivity index (χ2n) is 4.21. The van der Waals surface area contributed by atoms with Crippen LogP contribution in [0.5, 0.6) is 0 Å². The second kappa shape index (κ2) is 6.31. The number of thioether (sulfide) groups is 1. The minimum Gasteiger partial charge on any atom is -0.355 e. The highest BCUT2D eigenvalue weighted by Gasteiger charge is 2.28. The molecule has 0 unspecified atom stereocenters. The molecule has 1 N–H and O–H groups in total. The summed E-state index contributed by atoms with van der Waals surface area (Å²) in [5.41, 5.74) is 1.16. The highest BCUT2D eigenvalue weighted by atomic mass is 35.5. The van der Waals surface area contributed by atoms with E-state index in [2.05, 4.69) is 5.32 Å². The molecule has 0 atom stereocenters. The van der Waals surface area contributed by atoms with Crippen LogP contribution in [0.2, 0.25) is 5.02 Å². The van der Waals surface area contributed by atoms with Crippen LogP contribution in [0.15, 0.2) is 24.3 Å². The van der Waals surface area contributed by atoms with Crippen LogP contribution < -0.4 is 5.32 Å². The number of amides is 1. The van der Waals surface area contributed by atoms with Gasteiger partial charge in [0.1, 0.15) is 0 Å². The summed E-state index contributed by atoms with van der Waals surface area (Å²) in [5.74, 6) is 2.37. The van der Waals surface area contributed by atoms with Gasteiger partial charge in [-0.3, -0.25) is 4.79 Å². The van der Waals surface area contributed by atoms with E-state index >= 15 is 0 Å². The van der Waals surface area contributed by atoms with Gasteiger partial charge >= 0.3 is 0 Å². The maximum atomic E-state index is 11.4. The Labute approximate surface area is 111 Å². The van der Waals surface area contributed by atoms with E-state index in [1.54, 1.807) is 11.8 Å². The topological polar surface area (TPSA) is 29.1 Å². The molecule has 0 aliphatic heterocycles. The van der Waals surface area contributed by atoms with Crippen molar-refractivity contribution in [2.45, 2.75) is 18.6 Å². The van der Waals surface area contributed by atoms with E-state index in [1.165, 1.54) is 0 Å². The third-order valence-corrected chi connectivity index (χ3v) is 4.09. The monoisotopic (exact) mass is 269 g/mol. The van der Waals surface area contributed by atoms with E-state index in [0.717, 1.165) is 41.5 Å². The first-order valence-corrected chi connectivity index (χ1v) is 7.39. The maximum Gasteiger partial charge on any atom is 0.223 e. The Hall–Kier alpha value is -0.670. The molecule has 1 fully saturated rings. The lowest BCUT2D eigenvalue weighted by Crippen LogP contribution is -2.26. The van der Waals surface area contributed by atoms with E-state index in [-0.39, 0.29) is 5.91 Å². The molecule has 1 amide bonds. The van der Waals surface area contributed by atoms with Crippen molar-refractivity contribution in [3.05, 3.63) is 34.9 Å². The molecule has 0 saturated heterocycles. The fourth-order valence-corrected chi connectivity index (χ4v) is 2.68. The summed E-state index contributed by atoms with van der Waals surface area (Å²) in [7, 11) is 0. The Morgan fingerprint density at radius 1 is 1.41 bits per heavy atom. The van der Waals surface area contributed by atoms with Crippen molar-refractivity contribution in [2.24, 2.45) is 5.92 Å². The number of halogens is 1. The molecule has 0 bridgehead atoms. The van der Waals surface area contributed by atoms with Gasteiger partial charge in [-0.15, -0.1) is 0 Å².